The van der Waals surface area contributed by atoms with Gasteiger partial charge in [-0.3, -0.25) is 4.57 Å². The van der Waals surface area contributed by atoms with E-state index in [4.69, 9.17) is 20.8 Å². The second-order valence-electron chi connectivity index (χ2n) is 4.51. The van der Waals surface area contributed by atoms with Crippen LogP contribution in [0.2, 0.25) is 5.02 Å². The molecule has 0 atom stereocenters. The van der Waals surface area contributed by atoms with Gasteiger partial charge in [-0.1, -0.05) is 23.4 Å². The van der Waals surface area contributed by atoms with Crippen molar-refractivity contribution in [3.05, 3.63) is 59.3 Å². The lowest BCUT2D eigenvalue weighted by molar-refractivity contribution is 0.287. The first-order chi connectivity index (χ1) is 10.8. The molecule has 0 amide bonds. The lowest BCUT2D eigenvalue weighted by Crippen LogP contribution is -2.09. The molecule has 3 rings (SSSR count). The van der Waals surface area contributed by atoms with E-state index in [9.17, 15) is 0 Å². The summed E-state index contributed by atoms with van der Waals surface area (Å²) in [4.78, 5) is 0. The Labute approximate surface area is 137 Å². The molecule has 0 aliphatic carbocycles. The Morgan fingerprint density at radius 1 is 1.23 bits per heavy atom. The number of aromatic nitrogens is 3. The SMILES string of the molecule is CSc1nnc(COc2ccc(Cl)cc2)n1Cc1ccco1. The lowest BCUT2D eigenvalue weighted by atomic mass is 10.3. The molecule has 0 saturated heterocycles. The fourth-order valence-electron chi connectivity index (χ4n) is 1.97. The largest absolute Gasteiger partial charge is 0.486 e. The Balaban J connectivity index is 1.75. The van der Waals surface area contributed by atoms with E-state index in [-0.39, 0.29) is 0 Å². The van der Waals surface area contributed by atoms with Gasteiger partial charge < -0.3 is 9.15 Å². The molecule has 114 valence electrons. The first kappa shape index (κ1) is 15.0. The molecule has 7 heteroatoms. The minimum atomic E-state index is 0.329. The van der Waals surface area contributed by atoms with Gasteiger partial charge in [0.05, 0.1) is 12.8 Å². The number of nitrogens with zero attached hydrogens (tertiary/aromatic N) is 3. The summed E-state index contributed by atoms with van der Waals surface area (Å²) >= 11 is 7.40. The van der Waals surface area contributed by atoms with Gasteiger partial charge in [0.25, 0.3) is 0 Å². The highest BCUT2D eigenvalue weighted by atomic mass is 35.5. The van der Waals surface area contributed by atoms with E-state index < -0.39 is 0 Å². The summed E-state index contributed by atoms with van der Waals surface area (Å²) in [6.45, 7) is 0.908. The molecule has 0 bridgehead atoms. The summed E-state index contributed by atoms with van der Waals surface area (Å²) in [5, 5.41) is 9.88. The zero-order chi connectivity index (χ0) is 15.4. The molecule has 0 radical (unpaired) electrons. The van der Waals surface area contributed by atoms with Crippen molar-refractivity contribution in [1.82, 2.24) is 14.8 Å². The minimum Gasteiger partial charge on any atom is -0.486 e. The average molecular weight is 336 g/mol. The van der Waals surface area contributed by atoms with Gasteiger partial charge in [0.1, 0.15) is 18.1 Å². The number of hydrogen-bond donors (Lipinski definition) is 0. The molecule has 5 nitrogen and oxygen atoms in total. The topological polar surface area (TPSA) is 53.1 Å². The van der Waals surface area contributed by atoms with Crippen molar-refractivity contribution >= 4 is 23.4 Å². The summed E-state index contributed by atoms with van der Waals surface area (Å²) in [6.07, 6.45) is 3.62. The van der Waals surface area contributed by atoms with Crippen LogP contribution in [-0.2, 0) is 13.2 Å². The number of ether oxygens (including phenoxy) is 1. The molecule has 0 aliphatic rings. The number of benzene rings is 1. The lowest BCUT2D eigenvalue weighted by Gasteiger charge is -2.09. The number of halogens is 1. The van der Waals surface area contributed by atoms with Gasteiger partial charge in [-0.15, -0.1) is 10.2 Å². The Bertz CT molecular complexity index is 726. The highest BCUT2D eigenvalue weighted by molar-refractivity contribution is 7.98. The molecular formula is C15H14ClN3O2S. The van der Waals surface area contributed by atoms with Gasteiger partial charge in [0.15, 0.2) is 11.0 Å². The van der Waals surface area contributed by atoms with E-state index in [0.29, 0.717) is 18.2 Å². The third-order valence-electron chi connectivity index (χ3n) is 3.05. The number of furan rings is 1. The van der Waals surface area contributed by atoms with Crippen molar-refractivity contribution < 1.29 is 9.15 Å². The van der Waals surface area contributed by atoms with E-state index in [0.717, 1.165) is 22.5 Å². The van der Waals surface area contributed by atoms with Gasteiger partial charge in [0.2, 0.25) is 0 Å². The predicted octanol–water partition coefficient (Wildman–Crippen LogP) is 3.87. The van der Waals surface area contributed by atoms with Crippen LogP contribution < -0.4 is 4.74 Å². The summed E-state index contributed by atoms with van der Waals surface area (Å²) in [5.41, 5.74) is 0. The van der Waals surface area contributed by atoms with Crippen LogP contribution in [0.15, 0.2) is 52.2 Å². The molecular weight excluding hydrogens is 322 g/mol. The zero-order valence-electron chi connectivity index (χ0n) is 11.9. The van der Waals surface area contributed by atoms with Crippen molar-refractivity contribution in [2.24, 2.45) is 0 Å². The van der Waals surface area contributed by atoms with Crippen LogP contribution in [0.3, 0.4) is 0 Å². The molecule has 0 saturated carbocycles. The molecule has 0 fully saturated rings. The second-order valence-corrected chi connectivity index (χ2v) is 5.72. The molecule has 22 heavy (non-hydrogen) atoms. The van der Waals surface area contributed by atoms with Crippen molar-refractivity contribution in [2.45, 2.75) is 18.3 Å². The van der Waals surface area contributed by atoms with E-state index in [1.807, 2.05) is 35.1 Å². The Hall–Kier alpha value is -1.92. The van der Waals surface area contributed by atoms with Gasteiger partial charge in [0, 0.05) is 5.02 Å². The molecule has 0 unspecified atom stereocenters. The van der Waals surface area contributed by atoms with Crippen molar-refractivity contribution in [3.8, 4) is 5.75 Å². The number of rotatable bonds is 6. The summed E-state index contributed by atoms with van der Waals surface area (Å²) in [7, 11) is 0. The quantitative estimate of drug-likeness (QED) is 0.640. The molecule has 0 N–H and O–H groups in total. The van der Waals surface area contributed by atoms with Crippen LogP contribution in [0, 0.1) is 0 Å². The minimum absolute atomic E-state index is 0.329. The van der Waals surface area contributed by atoms with Crippen LogP contribution in [-0.4, -0.2) is 21.0 Å². The van der Waals surface area contributed by atoms with Crippen LogP contribution in [0.4, 0.5) is 0 Å². The van der Waals surface area contributed by atoms with Crippen LogP contribution in [0.25, 0.3) is 0 Å². The average Bonchev–Trinajstić information content (AvgIpc) is 3.17. The van der Waals surface area contributed by atoms with Crippen LogP contribution >= 0.6 is 23.4 Å². The molecule has 3 aromatic rings. The smallest absolute Gasteiger partial charge is 0.191 e. The maximum absolute atomic E-state index is 5.86. The molecule has 2 aromatic heterocycles. The van der Waals surface area contributed by atoms with Gasteiger partial charge in [-0.2, -0.15) is 0 Å². The maximum atomic E-state index is 5.86. The van der Waals surface area contributed by atoms with E-state index >= 15 is 0 Å². The van der Waals surface area contributed by atoms with Gasteiger partial charge in [-0.25, -0.2) is 0 Å². The summed E-state index contributed by atoms with van der Waals surface area (Å²) < 4.78 is 13.1. The predicted molar refractivity (Wildman–Crippen MR) is 85.4 cm³/mol. The van der Waals surface area contributed by atoms with Gasteiger partial charge >= 0.3 is 0 Å². The number of hydrogen-bond acceptors (Lipinski definition) is 5. The van der Waals surface area contributed by atoms with E-state index in [2.05, 4.69) is 10.2 Å². The highest BCUT2D eigenvalue weighted by Gasteiger charge is 2.13. The first-order valence-electron chi connectivity index (χ1n) is 6.63. The van der Waals surface area contributed by atoms with Crippen LogP contribution in [0.5, 0.6) is 5.75 Å². The van der Waals surface area contributed by atoms with Crippen molar-refractivity contribution in [2.75, 3.05) is 6.26 Å². The maximum Gasteiger partial charge on any atom is 0.191 e. The van der Waals surface area contributed by atoms with Gasteiger partial charge in [-0.05, 0) is 42.7 Å². The summed E-state index contributed by atoms with van der Waals surface area (Å²) in [5.74, 6) is 2.33. The third-order valence-corrected chi connectivity index (χ3v) is 3.97. The fourth-order valence-corrected chi connectivity index (χ4v) is 2.61. The molecule has 0 spiro atoms. The van der Waals surface area contributed by atoms with E-state index in [1.165, 1.54) is 11.8 Å². The highest BCUT2D eigenvalue weighted by Crippen LogP contribution is 2.19. The monoisotopic (exact) mass is 335 g/mol. The normalized spacial score (nSPS) is 10.8. The third kappa shape index (κ3) is 3.45. The molecule has 1 aromatic carbocycles. The zero-order valence-corrected chi connectivity index (χ0v) is 13.5. The Morgan fingerprint density at radius 2 is 2.05 bits per heavy atom. The fraction of sp³-hybridized carbons (Fsp3) is 0.200. The van der Waals surface area contributed by atoms with Crippen molar-refractivity contribution in [1.29, 1.82) is 0 Å². The van der Waals surface area contributed by atoms with Crippen LogP contribution in [0.1, 0.15) is 11.6 Å². The Morgan fingerprint density at radius 3 is 2.73 bits per heavy atom. The van der Waals surface area contributed by atoms with Crippen molar-refractivity contribution in [3.63, 3.8) is 0 Å². The van der Waals surface area contributed by atoms with E-state index in [1.54, 1.807) is 18.4 Å². The Kier molecular flexibility index (Phi) is 4.70. The standard InChI is InChI=1S/C15H14ClN3O2S/c1-22-15-18-17-14(19(15)9-13-3-2-8-20-13)10-21-12-6-4-11(16)5-7-12/h2-8H,9-10H2,1H3. The molecule has 2 heterocycles. The second kappa shape index (κ2) is 6.89. The molecule has 0 aliphatic heterocycles. The first-order valence-corrected chi connectivity index (χ1v) is 8.23. The number of thioether (sulfide) groups is 1. The summed E-state index contributed by atoms with van der Waals surface area (Å²) in [6, 6.07) is 11.0.